The van der Waals surface area contributed by atoms with Crippen LogP contribution >= 0.6 is 11.6 Å². The average molecular weight is 525 g/mol. The average Bonchev–Trinajstić information content (AvgIpc) is 2.80. The number of benzene rings is 2. The number of aromatic nitrogens is 2. The van der Waals surface area contributed by atoms with Gasteiger partial charge >= 0.3 is 12.1 Å². The third kappa shape index (κ3) is 6.42. The van der Waals surface area contributed by atoms with Gasteiger partial charge in [0.1, 0.15) is 17.3 Å². The quantitative estimate of drug-likeness (QED) is 0.410. The van der Waals surface area contributed by atoms with Crippen LogP contribution in [0.4, 0.5) is 24.7 Å². The fraction of sp³-hybridized carbons (Fsp3) is 0.360. The highest BCUT2D eigenvalue weighted by atomic mass is 35.5. The molecule has 2 aromatic carbocycles. The molecule has 3 aromatic rings. The van der Waals surface area contributed by atoms with E-state index in [9.17, 15) is 22.8 Å². The van der Waals surface area contributed by atoms with Crippen molar-refractivity contribution < 1.29 is 17.9 Å². The van der Waals surface area contributed by atoms with Gasteiger partial charge in [0.15, 0.2) is 0 Å². The third-order valence-electron chi connectivity index (χ3n) is 5.63. The van der Waals surface area contributed by atoms with Crippen molar-refractivity contribution >= 4 is 23.1 Å². The Labute approximate surface area is 211 Å². The smallest absolute Gasteiger partial charge is 0.406 e. The van der Waals surface area contributed by atoms with Gasteiger partial charge in [0.25, 0.3) is 5.56 Å². The summed E-state index contributed by atoms with van der Waals surface area (Å²) in [6.45, 7) is 4.19. The van der Waals surface area contributed by atoms with Crippen molar-refractivity contribution in [2.45, 2.75) is 45.8 Å². The molecule has 0 aliphatic carbocycles. The molecule has 1 aromatic heterocycles. The van der Waals surface area contributed by atoms with Crippen molar-refractivity contribution in [1.29, 1.82) is 0 Å². The van der Waals surface area contributed by atoms with Crippen LogP contribution in [0.15, 0.2) is 58.1 Å². The molecule has 0 spiro atoms. The maximum atomic E-state index is 13.5. The van der Waals surface area contributed by atoms with Gasteiger partial charge in [-0.05, 0) is 48.7 Å². The number of hydrogen-bond donors (Lipinski definition) is 1. The molecule has 0 bridgehead atoms. The second-order valence-corrected chi connectivity index (χ2v) is 8.90. The zero-order chi connectivity index (χ0) is 26.6. The fourth-order valence-corrected chi connectivity index (χ4v) is 4.02. The Morgan fingerprint density at radius 1 is 1.14 bits per heavy atom. The molecule has 11 heteroatoms. The first-order valence-corrected chi connectivity index (χ1v) is 11.7. The van der Waals surface area contributed by atoms with E-state index in [0.29, 0.717) is 23.6 Å². The van der Waals surface area contributed by atoms with E-state index in [-0.39, 0.29) is 23.8 Å². The molecule has 1 N–H and O–H groups in total. The minimum Gasteiger partial charge on any atom is -0.406 e. The van der Waals surface area contributed by atoms with Gasteiger partial charge < -0.3 is 15.0 Å². The number of alkyl halides is 3. The lowest BCUT2D eigenvalue weighted by Crippen LogP contribution is -2.43. The molecule has 0 aliphatic heterocycles. The van der Waals surface area contributed by atoms with Crippen LogP contribution in [0.25, 0.3) is 0 Å². The maximum Gasteiger partial charge on any atom is 0.573 e. The summed E-state index contributed by atoms with van der Waals surface area (Å²) in [6.07, 6.45) is -4.23. The van der Waals surface area contributed by atoms with E-state index in [1.165, 1.54) is 27.3 Å². The zero-order valence-corrected chi connectivity index (χ0v) is 21.2. The van der Waals surface area contributed by atoms with E-state index in [4.69, 9.17) is 11.6 Å². The molecule has 7 nitrogen and oxygen atoms in total. The van der Waals surface area contributed by atoms with Crippen molar-refractivity contribution in [3.8, 4) is 5.75 Å². The Kier molecular flexibility index (Phi) is 8.39. The Bertz CT molecular complexity index is 1320. The number of hydrogen-bond acceptors (Lipinski definition) is 5. The topological polar surface area (TPSA) is 68.5 Å². The van der Waals surface area contributed by atoms with E-state index in [1.54, 1.807) is 44.1 Å². The monoisotopic (exact) mass is 524 g/mol. The molecule has 0 saturated carbocycles. The number of ether oxygens (including phenoxy) is 1. The highest BCUT2D eigenvalue weighted by molar-refractivity contribution is 6.30. The Morgan fingerprint density at radius 3 is 2.42 bits per heavy atom. The van der Waals surface area contributed by atoms with Crippen molar-refractivity contribution in [2.24, 2.45) is 7.05 Å². The van der Waals surface area contributed by atoms with Gasteiger partial charge in [-0.1, -0.05) is 42.8 Å². The SMILES string of the molecule is CCCn1c(=O)c(N(C)Cc2ccc(Cl)cc2)c(NC(C)c2cccc(OC(F)(F)F)c2)n(C)c1=O. The van der Waals surface area contributed by atoms with Crippen LogP contribution in [0.2, 0.25) is 5.02 Å². The van der Waals surface area contributed by atoms with Crippen LogP contribution in [0.5, 0.6) is 5.75 Å². The van der Waals surface area contributed by atoms with E-state index in [0.717, 1.165) is 5.56 Å². The van der Waals surface area contributed by atoms with Gasteiger partial charge in [-0.2, -0.15) is 0 Å². The Morgan fingerprint density at radius 2 is 1.81 bits per heavy atom. The molecule has 0 radical (unpaired) electrons. The zero-order valence-electron chi connectivity index (χ0n) is 20.4. The summed E-state index contributed by atoms with van der Waals surface area (Å²) in [7, 11) is 3.28. The standard InChI is InChI=1S/C25H28ClF3N4O3/c1-5-13-33-23(34)21(31(3)15-17-9-11-19(26)12-10-17)22(32(4)24(33)35)30-16(2)18-7-6-8-20(14-18)36-25(27,28)29/h6-12,14,16,30H,5,13,15H2,1-4H3. The minimum atomic E-state index is -4.82. The summed E-state index contributed by atoms with van der Waals surface area (Å²) in [5.74, 6) is -0.107. The number of anilines is 2. The lowest BCUT2D eigenvalue weighted by atomic mass is 10.1. The summed E-state index contributed by atoms with van der Waals surface area (Å²) in [6, 6.07) is 12.2. The molecule has 1 heterocycles. The number of rotatable bonds is 9. The normalized spacial score (nSPS) is 12.3. The van der Waals surface area contributed by atoms with Crippen molar-refractivity contribution in [3.63, 3.8) is 0 Å². The van der Waals surface area contributed by atoms with Crippen LogP contribution in [-0.2, 0) is 20.1 Å². The molecule has 0 saturated heterocycles. The molecular formula is C25H28ClF3N4O3. The van der Waals surface area contributed by atoms with Crippen LogP contribution in [0, 0.1) is 0 Å². The summed E-state index contributed by atoms with van der Waals surface area (Å²) < 4.78 is 44.6. The first-order chi connectivity index (χ1) is 16.9. The molecule has 1 atom stereocenters. The van der Waals surface area contributed by atoms with Gasteiger partial charge in [-0.15, -0.1) is 13.2 Å². The van der Waals surface area contributed by atoms with Crippen LogP contribution in [0.3, 0.4) is 0 Å². The second-order valence-electron chi connectivity index (χ2n) is 8.46. The molecule has 36 heavy (non-hydrogen) atoms. The maximum absolute atomic E-state index is 13.5. The predicted octanol–water partition coefficient (Wildman–Crippen LogP) is 5.32. The molecule has 194 valence electrons. The van der Waals surface area contributed by atoms with Crippen LogP contribution < -0.4 is 26.2 Å². The molecule has 0 aliphatic rings. The highest BCUT2D eigenvalue weighted by Gasteiger charge is 2.31. The predicted molar refractivity (Wildman–Crippen MR) is 135 cm³/mol. The summed E-state index contributed by atoms with van der Waals surface area (Å²) >= 11 is 5.99. The van der Waals surface area contributed by atoms with E-state index >= 15 is 0 Å². The lowest BCUT2D eigenvalue weighted by molar-refractivity contribution is -0.274. The van der Waals surface area contributed by atoms with Crippen molar-refractivity contribution in [2.75, 3.05) is 17.3 Å². The minimum absolute atomic E-state index is 0.250. The molecule has 0 fully saturated rings. The summed E-state index contributed by atoms with van der Waals surface area (Å²) in [5.41, 5.74) is 0.686. The Hall–Kier alpha value is -3.40. The molecule has 3 rings (SSSR count). The number of nitrogens with zero attached hydrogens (tertiary/aromatic N) is 3. The van der Waals surface area contributed by atoms with Gasteiger partial charge in [0.05, 0.1) is 6.04 Å². The first kappa shape index (κ1) is 27.2. The Balaban J connectivity index is 2.04. The largest absolute Gasteiger partial charge is 0.573 e. The third-order valence-corrected chi connectivity index (χ3v) is 5.88. The second kappa shape index (κ2) is 11.1. The molecule has 0 amide bonds. The molecular weight excluding hydrogens is 497 g/mol. The fourth-order valence-electron chi connectivity index (χ4n) is 3.89. The van der Waals surface area contributed by atoms with Gasteiger partial charge in [0, 0.05) is 32.2 Å². The van der Waals surface area contributed by atoms with Crippen molar-refractivity contribution in [3.05, 3.63) is 85.5 Å². The van der Waals surface area contributed by atoms with Crippen molar-refractivity contribution in [1.82, 2.24) is 9.13 Å². The van der Waals surface area contributed by atoms with E-state index in [1.807, 2.05) is 19.1 Å². The summed E-state index contributed by atoms with van der Waals surface area (Å²) in [4.78, 5) is 28.2. The van der Waals surface area contributed by atoms with E-state index < -0.39 is 23.7 Å². The number of halogens is 4. The summed E-state index contributed by atoms with van der Waals surface area (Å²) in [5, 5.41) is 3.75. The lowest BCUT2D eigenvalue weighted by Gasteiger charge is -2.27. The number of nitrogens with one attached hydrogen (secondary N) is 1. The first-order valence-electron chi connectivity index (χ1n) is 11.3. The van der Waals surface area contributed by atoms with Gasteiger partial charge in [-0.3, -0.25) is 13.9 Å². The van der Waals surface area contributed by atoms with Gasteiger partial charge in [0.2, 0.25) is 0 Å². The van der Waals surface area contributed by atoms with E-state index in [2.05, 4.69) is 10.1 Å². The van der Waals surface area contributed by atoms with Crippen LogP contribution in [0.1, 0.15) is 37.4 Å². The molecule has 1 unspecified atom stereocenters. The highest BCUT2D eigenvalue weighted by Crippen LogP contribution is 2.29. The van der Waals surface area contributed by atoms with Gasteiger partial charge in [-0.25, -0.2) is 4.79 Å². The van der Waals surface area contributed by atoms with Crippen LogP contribution in [-0.4, -0.2) is 22.5 Å².